The second-order valence-corrected chi connectivity index (χ2v) is 3.41. The van der Waals surface area contributed by atoms with Gasteiger partial charge < -0.3 is 0 Å². The van der Waals surface area contributed by atoms with Crippen molar-refractivity contribution in [2.75, 3.05) is 13.6 Å². The summed E-state index contributed by atoms with van der Waals surface area (Å²) in [6, 6.07) is 7.95. The van der Waals surface area contributed by atoms with E-state index in [0.29, 0.717) is 0 Å². The highest BCUT2D eigenvalue weighted by Crippen LogP contribution is 2.14. The number of aliphatic imine (C=N–C) groups is 1. The summed E-state index contributed by atoms with van der Waals surface area (Å²) >= 11 is 0. The normalized spacial score (nSPS) is 16.0. The topological polar surface area (TPSA) is 32.7 Å². The molecule has 0 fully saturated rings. The molecule has 0 radical (unpaired) electrons. The predicted molar refractivity (Wildman–Crippen MR) is 55.4 cm³/mol. The fourth-order valence-corrected chi connectivity index (χ4v) is 1.56. The highest BCUT2D eigenvalue weighted by Gasteiger charge is 2.22. The van der Waals surface area contributed by atoms with Crippen molar-refractivity contribution >= 4 is 11.7 Å². The van der Waals surface area contributed by atoms with Crippen molar-refractivity contribution in [2.24, 2.45) is 4.99 Å². The van der Waals surface area contributed by atoms with Gasteiger partial charge in [0.1, 0.15) is 12.4 Å². The fourth-order valence-electron chi connectivity index (χ4n) is 1.56. The number of likely N-dealkylation sites (N-methyl/N-ethyl adjacent to an activating group) is 1. The number of amides is 1. The van der Waals surface area contributed by atoms with Gasteiger partial charge in [0.25, 0.3) is 0 Å². The first-order chi connectivity index (χ1) is 6.70. The van der Waals surface area contributed by atoms with Crippen LogP contribution in [-0.2, 0) is 4.79 Å². The lowest BCUT2D eigenvalue weighted by Gasteiger charge is -2.13. The molecular formula is C11H12N2O. The van der Waals surface area contributed by atoms with Crippen LogP contribution in [0.4, 0.5) is 0 Å². The van der Waals surface area contributed by atoms with Gasteiger partial charge in [-0.2, -0.15) is 0 Å². The van der Waals surface area contributed by atoms with Crippen LogP contribution in [0.1, 0.15) is 11.1 Å². The Balaban J connectivity index is 2.42. The molecule has 1 aliphatic heterocycles. The summed E-state index contributed by atoms with van der Waals surface area (Å²) in [5, 5.41) is 0. The largest absolute Gasteiger partial charge is 0.298 e. The van der Waals surface area contributed by atoms with Crippen molar-refractivity contribution in [3.8, 4) is 0 Å². The molecule has 14 heavy (non-hydrogen) atoms. The number of hydrogen-bond acceptors (Lipinski definition) is 2. The summed E-state index contributed by atoms with van der Waals surface area (Å²) < 4.78 is 0. The molecule has 0 atom stereocenters. The zero-order valence-electron chi connectivity index (χ0n) is 8.32. The average Bonchev–Trinajstić information content (AvgIpc) is 2.49. The Morgan fingerprint density at radius 2 is 2.07 bits per heavy atom. The summed E-state index contributed by atoms with van der Waals surface area (Å²) in [5.74, 6) is 0.844. The minimum atomic E-state index is 0.0586. The predicted octanol–water partition coefficient (Wildman–Crippen LogP) is 1.21. The highest BCUT2D eigenvalue weighted by atomic mass is 16.2. The van der Waals surface area contributed by atoms with Gasteiger partial charge >= 0.3 is 0 Å². The summed E-state index contributed by atoms with van der Waals surface area (Å²) in [6.07, 6.45) is 0. The Morgan fingerprint density at radius 1 is 1.36 bits per heavy atom. The van der Waals surface area contributed by atoms with Crippen LogP contribution in [0.15, 0.2) is 29.3 Å². The monoisotopic (exact) mass is 188 g/mol. The Morgan fingerprint density at radius 3 is 2.64 bits per heavy atom. The molecule has 1 aromatic carbocycles. The smallest absolute Gasteiger partial charge is 0.249 e. The number of carbonyl (C=O) groups is 1. The number of hydrogen-bond donors (Lipinski definition) is 0. The maximum Gasteiger partial charge on any atom is 0.249 e. The number of aryl methyl sites for hydroxylation is 1. The quantitative estimate of drug-likeness (QED) is 0.652. The lowest BCUT2D eigenvalue weighted by Crippen LogP contribution is -2.29. The number of nitrogens with zero attached hydrogens (tertiary/aromatic N) is 2. The molecular weight excluding hydrogens is 176 g/mol. The minimum Gasteiger partial charge on any atom is -0.298 e. The summed E-state index contributed by atoms with van der Waals surface area (Å²) in [6.45, 7) is 2.30. The molecule has 0 aromatic heterocycles. The van der Waals surface area contributed by atoms with Crippen LogP contribution in [0.25, 0.3) is 0 Å². The lowest BCUT2D eigenvalue weighted by atomic mass is 10.1. The van der Waals surface area contributed by atoms with Gasteiger partial charge in [0, 0.05) is 12.6 Å². The zero-order valence-corrected chi connectivity index (χ0v) is 8.32. The summed E-state index contributed by atoms with van der Waals surface area (Å²) in [7, 11) is 1.76. The molecule has 1 heterocycles. The lowest BCUT2D eigenvalue weighted by molar-refractivity contribution is -0.123. The van der Waals surface area contributed by atoms with Crippen LogP contribution in [0, 0.1) is 6.92 Å². The number of amidine groups is 1. The molecule has 72 valence electrons. The van der Waals surface area contributed by atoms with Gasteiger partial charge in [0.05, 0.1) is 0 Å². The van der Waals surface area contributed by atoms with Crippen LogP contribution >= 0.6 is 0 Å². The van der Waals surface area contributed by atoms with E-state index >= 15 is 0 Å². The van der Waals surface area contributed by atoms with Crippen molar-refractivity contribution in [2.45, 2.75) is 6.92 Å². The SMILES string of the molecule is Cc1ccccc1C1=NCC(=O)N1C. The second kappa shape index (κ2) is 3.25. The molecule has 1 aliphatic rings. The molecule has 2 rings (SSSR count). The number of rotatable bonds is 1. The standard InChI is InChI=1S/C11H12N2O/c1-8-5-3-4-6-9(8)11-12-7-10(14)13(11)2/h3-6H,7H2,1-2H3. The second-order valence-electron chi connectivity index (χ2n) is 3.41. The maximum atomic E-state index is 11.3. The van der Waals surface area contributed by atoms with Crippen molar-refractivity contribution < 1.29 is 4.79 Å². The molecule has 0 unspecified atom stereocenters. The van der Waals surface area contributed by atoms with Crippen molar-refractivity contribution in [3.63, 3.8) is 0 Å². The highest BCUT2D eigenvalue weighted by molar-refractivity contribution is 6.12. The number of benzene rings is 1. The van der Waals surface area contributed by atoms with Crippen molar-refractivity contribution in [3.05, 3.63) is 35.4 Å². The van der Waals surface area contributed by atoms with E-state index in [9.17, 15) is 4.79 Å². The van der Waals surface area contributed by atoms with Gasteiger partial charge in [0.2, 0.25) is 5.91 Å². The average molecular weight is 188 g/mol. The zero-order chi connectivity index (χ0) is 10.1. The van der Waals surface area contributed by atoms with Crippen molar-refractivity contribution in [1.29, 1.82) is 0 Å². The third kappa shape index (κ3) is 1.31. The van der Waals surface area contributed by atoms with E-state index in [1.165, 1.54) is 0 Å². The van der Waals surface area contributed by atoms with E-state index in [4.69, 9.17) is 0 Å². The van der Waals surface area contributed by atoms with Gasteiger partial charge in [-0.25, -0.2) is 0 Å². The van der Waals surface area contributed by atoms with Gasteiger partial charge in [-0.3, -0.25) is 14.7 Å². The Kier molecular flexibility index (Phi) is 2.08. The van der Waals surface area contributed by atoms with Crippen LogP contribution in [0.5, 0.6) is 0 Å². The van der Waals surface area contributed by atoms with E-state index in [1.54, 1.807) is 11.9 Å². The van der Waals surface area contributed by atoms with Crippen molar-refractivity contribution in [1.82, 2.24) is 4.90 Å². The molecule has 3 nitrogen and oxygen atoms in total. The molecule has 0 bridgehead atoms. The number of carbonyl (C=O) groups excluding carboxylic acids is 1. The van der Waals surface area contributed by atoms with E-state index < -0.39 is 0 Å². The van der Waals surface area contributed by atoms with E-state index in [-0.39, 0.29) is 12.5 Å². The summed E-state index contributed by atoms with van der Waals surface area (Å²) in [4.78, 5) is 17.1. The van der Waals surface area contributed by atoms with Gasteiger partial charge in [-0.1, -0.05) is 24.3 Å². The molecule has 0 saturated carbocycles. The molecule has 0 N–H and O–H groups in total. The van der Waals surface area contributed by atoms with Crippen LogP contribution in [0.3, 0.4) is 0 Å². The van der Waals surface area contributed by atoms with Gasteiger partial charge in [-0.05, 0) is 12.5 Å². The molecule has 1 amide bonds. The maximum absolute atomic E-state index is 11.3. The molecule has 1 aromatic rings. The first-order valence-corrected chi connectivity index (χ1v) is 4.57. The van der Waals surface area contributed by atoms with Crippen LogP contribution < -0.4 is 0 Å². The van der Waals surface area contributed by atoms with Crippen LogP contribution in [-0.4, -0.2) is 30.2 Å². The molecule has 3 heteroatoms. The van der Waals surface area contributed by atoms with E-state index in [0.717, 1.165) is 17.0 Å². The Hall–Kier alpha value is -1.64. The molecule has 0 aliphatic carbocycles. The Bertz CT molecular complexity index is 410. The van der Waals surface area contributed by atoms with Crippen LogP contribution in [0.2, 0.25) is 0 Å². The molecule has 0 saturated heterocycles. The van der Waals surface area contributed by atoms with Gasteiger partial charge in [-0.15, -0.1) is 0 Å². The van der Waals surface area contributed by atoms with Gasteiger partial charge in [0.15, 0.2) is 0 Å². The summed E-state index contributed by atoms with van der Waals surface area (Å²) in [5.41, 5.74) is 2.19. The Labute approximate surface area is 83.1 Å². The fraction of sp³-hybridized carbons (Fsp3) is 0.273. The van der Waals surface area contributed by atoms with E-state index in [2.05, 4.69) is 4.99 Å². The minimum absolute atomic E-state index is 0.0586. The third-order valence-electron chi connectivity index (χ3n) is 2.44. The first kappa shape index (κ1) is 8.94. The first-order valence-electron chi connectivity index (χ1n) is 4.57. The van der Waals surface area contributed by atoms with E-state index in [1.807, 2.05) is 31.2 Å². The third-order valence-corrected chi connectivity index (χ3v) is 2.44. The molecule has 0 spiro atoms.